The average Bonchev–Trinajstić information content (AvgIpc) is 2.49. The lowest BCUT2D eigenvalue weighted by atomic mass is 9.87. The molecule has 1 aromatic rings. The van der Waals surface area contributed by atoms with Crippen LogP contribution >= 0.6 is 12.2 Å². The summed E-state index contributed by atoms with van der Waals surface area (Å²) in [5.74, 6) is 0.708. The lowest BCUT2D eigenvalue weighted by Gasteiger charge is -2.19. The molecule has 5 heteroatoms. The van der Waals surface area contributed by atoms with Crippen LogP contribution in [0.5, 0.6) is 5.75 Å². The lowest BCUT2D eigenvalue weighted by molar-refractivity contribution is -0.119. The van der Waals surface area contributed by atoms with Crippen molar-refractivity contribution in [3.05, 3.63) is 42.5 Å². The highest BCUT2D eigenvalue weighted by Gasteiger charge is 2.12. The van der Waals surface area contributed by atoms with Gasteiger partial charge in [0.25, 0.3) is 0 Å². The van der Waals surface area contributed by atoms with Gasteiger partial charge in [0.1, 0.15) is 5.75 Å². The summed E-state index contributed by atoms with van der Waals surface area (Å²) in [6.45, 7) is 11.1. The summed E-state index contributed by atoms with van der Waals surface area (Å²) in [5.41, 5.74) is 1.40. The van der Waals surface area contributed by atoms with E-state index in [1.807, 2.05) is 12.1 Å². The second kappa shape index (κ2) is 9.30. The molecule has 0 aliphatic carbocycles. The highest BCUT2D eigenvalue weighted by molar-refractivity contribution is 7.80. The topological polar surface area (TPSA) is 50.4 Å². The molecule has 0 saturated heterocycles. The van der Waals surface area contributed by atoms with E-state index in [4.69, 9.17) is 17.0 Å². The molecule has 1 rings (SSSR count). The van der Waals surface area contributed by atoms with Crippen LogP contribution in [0.25, 0.3) is 0 Å². The van der Waals surface area contributed by atoms with E-state index in [1.165, 1.54) is 5.56 Å². The Hall–Kier alpha value is -1.88. The monoisotopic (exact) mass is 334 g/mol. The van der Waals surface area contributed by atoms with Gasteiger partial charge in [-0.1, -0.05) is 39.0 Å². The largest absolute Gasteiger partial charge is 0.494 e. The van der Waals surface area contributed by atoms with Gasteiger partial charge in [-0.3, -0.25) is 4.79 Å². The van der Waals surface area contributed by atoms with Gasteiger partial charge in [0.2, 0.25) is 5.91 Å². The molecule has 0 atom stereocenters. The highest BCUT2D eigenvalue weighted by Crippen LogP contribution is 2.24. The van der Waals surface area contributed by atoms with Crippen LogP contribution in [-0.2, 0) is 10.2 Å². The first-order valence-electron chi connectivity index (χ1n) is 7.75. The van der Waals surface area contributed by atoms with Gasteiger partial charge in [-0.05, 0) is 41.7 Å². The molecule has 23 heavy (non-hydrogen) atoms. The number of hydrogen-bond acceptors (Lipinski definition) is 3. The van der Waals surface area contributed by atoms with E-state index in [2.05, 4.69) is 50.1 Å². The number of benzene rings is 1. The smallest absolute Gasteiger partial charge is 0.226 e. The average molecular weight is 334 g/mol. The van der Waals surface area contributed by atoms with E-state index in [1.54, 1.807) is 6.08 Å². The number of carbonyl (C=O) groups excluding carboxylic acids is 1. The van der Waals surface area contributed by atoms with Crippen molar-refractivity contribution in [2.45, 2.75) is 39.0 Å². The first kappa shape index (κ1) is 19.2. The maximum atomic E-state index is 11.7. The van der Waals surface area contributed by atoms with Gasteiger partial charge >= 0.3 is 0 Å². The Morgan fingerprint density at radius 1 is 1.30 bits per heavy atom. The number of thiocarbonyl (C=S) groups is 1. The highest BCUT2D eigenvalue weighted by atomic mass is 32.1. The van der Waals surface area contributed by atoms with Crippen LogP contribution in [0.15, 0.2) is 36.9 Å². The summed E-state index contributed by atoms with van der Waals surface area (Å²) in [6, 6.07) is 8.08. The second-order valence-electron chi connectivity index (χ2n) is 6.27. The van der Waals surface area contributed by atoms with Crippen LogP contribution in [0.4, 0.5) is 0 Å². The van der Waals surface area contributed by atoms with Crippen LogP contribution < -0.4 is 15.4 Å². The van der Waals surface area contributed by atoms with Crippen molar-refractivity contribution in [2.75, 3.05) is 13.2 Å². The molecule has 0 unspecified atom stereocenters. The Kier molecular flexibility index (Phi) is 7.75. The minimum atomic E-state index is -0.113. The molecule has 1 aromatic carbocycles. The fourth-order valence-electron chi connectivity index (χ4n) is 1.87. The zero-order valence-electron chi connectivity index (χ0n) is 14.1. The number of nitrogens with one attached hydrogen (secondary N) is 2. The molecule has 0 spiro atoms. The summed E-state index contributed by atoms with van der Waals surface area (Å²) in [5, 5.41) is 5.79. The summed E-state index contributed by atoms with van der Waals surface area (Å²) >= 11 is 4.97. The number of hydrogen-bond donors (Lipinski definition) is 2. The molecule has 0 saturated carbocycles. The molecule has 4 nitrogen and oxygen atoms in total. The minimum Gasteiger partial charge on any atom is -0.494 e. The number of carbonyl (C=O) groups is 1. The molecule has 0 fully saturated rings. The fourth-order valence-corrected chi connectivity index (χ4v) is 2.07. The van der Waals surface area contributed by atoms with Crippen molar-refractivity contribution in [1.29, 1.82) is 0 Å². The predicted octanol–water partition coefficient (Wildman–Crippen LogP) is 3.32. The molecule has 0 radical (unpaired) electrons. The summed E-state index contributed by atoms with van der Waals surface area (Å²) < 4.78 is 5.65. The summed E-state index contributed by atoms with van der Waals surface area (Å²) in [7, 11) is 0. The quantitative estimate of drug-likeness (QED) is 0.456. The zero-order valence-corrected chi connectivity index (χ0v) is 15.0. The van der Waals surface area contributed by atoms with Crippen LogP contribution in [0.1, 0.15) is 39.2 Å². The van der Waals surface area contributed by atoms with E-state index in [0.29, 0.717) is 31.1 Å². The molecular weight excluding hydrogens is 308 g/mol. The molecule has 1 amide bonds. The van der Waals surface area contributed by atoms with Crippen molar-refractivity contribution >= 4 is 23.2 Å². The molecule has 126 valence electrons. The standard InChI is InChI=1S/C18H26N2O2S/c1-5-12-19-17(23)20-16(21)7-6-13-22-15-10-8-14(9-11-15)18(2,3)4/h5,8-11H,1,6-7,12-13H2,2-4H3,(H2,19,20,21,23). The fraction of sp³-hybridized carbons (Fsp3) is 0.444. The Bertz CT molecular complexity index is 533. The van der Waals surface area contributed by atoms with Crippen molar-refractivity contribution in [1.82, 2.24) is 10.6 Å². The van der Waals surface area contributed by atoms with Gasteiger partial charge in [-0.2, -0.15) is 0 Å². The van der Waals surface area contributed by atoms with Gasteiger partial charge in [0.05, 0.1) is 6.61 Å². The van der Waals surface area contributed by atoms with Crippen molar-refractivity contribution < 1.29 is 9.53 Å². The maximum Gasteiger partial charge on any atom is 0.226 e. The van der Waals surface area contributed by atoms with Crippen LogP contribution in [-0.4, -0.2) is 24.2 Å². The summed E-state index contributed by atoms with van der Waals surface area (Å²) in [6.07, 6.45) is 2.68. The molecule has 0 aliphatic heterocycles. The van der Waals surface area contributed by atoms with Gasteiger partial charge in [-0.25, -0.2) is 0 Å². The Morgan fingerprint density at radius 3 is 2.52 bits per heavy atom. The summed E-state index contributed by atoms with van der Waals surface area (Å²) in [4.78, 5) is 11.7. The van der Waals surface area contributed by atoms with E-state index in [9.17, 15) is 4.79 Å². The van der Waals surface area contributed by atoms with E-state index in [-0.39, 0.29) is 11.3 Å². The van der Waals surface area contributed by atoms with Crippen LogP contribution in [0.3, 0.4) is 0 Å². The third kappa shape index (κ3) is 7.79. The Morgan fingerprint density at radius 2 is 1.96 bits per heavy atom. The van der Waals surface area contributed by atoms with Gasteiger partial charge in [0.15, 0.2) is 5.11 Å². The molecule has 0 aliphatic rings. The predicted molar refractivity (Wildman–Crippen MR) is 98.8 cm³/mol. The Balaban J connectivity index is 2.25. The third-order valence-electron chi connectivity index (χ3n) is 3.20. The normalized spacial score (nSPS) is 10.7. The second-order valence-corrected chi connectivity index (χ2v) is 6.68. The molecular formula is C18H26N2O2S. The van der Waals surface area contributed by atoms with Gasteiger partial charge in [0, 0.05) is 13.0 Å². The molecule has 0 heterocycles. The van der Waals surface area contributed by atoms with Crippen LogP contribution in [0, 0.1) is 0 Å². The molecule has 0 aromatic heterocycles. The van der Waals surface area contributed by atoms with E-state index in [0.717, 1.165) is 5.75 Å². The SMILES string of the molecule is C=CCNC(=S)NC(=O)CCCOc1ccc(C(C)(C)C)cc1. The number of amides is 1. The Labute approximate surface area is 144 Å². The first-order chi connectivity index (χ1) is 10.8. The maximum absolute atomic E-state index is 11.7. The van der Waals surface area contributed by atoms with Gasteiger partial charge in [-0.15, -0.1) is 6.58 Å². The molecule has 2 N–H and O–H groups in total. The van der Waals surface area contributed by atoms with Crippen molar-refractivity contribution in [3.63, 3.8) is 0 Å². The van der Waals surface area contributed by atoms with Crippen molar-refractivity contribution in [2.24, 2.45) is 0 Å². The van der Waals surface area contributed by atoms with Crippen molar-refractivity contribution in [3.8, 4) is 5.75 Å². The zero-order chi connectivity index (χ0) is 17.3. The lowest BCUT2D eigenvalue weighted by Crippen LogP contribution is -2.39. The first-order valence-corrected chi connectivity index (χ1v) is 8.15. The number of ether oxygens (including phenoxy) is 1. The van der Waals surface area contributed by atoms with E-state index < -0.39 is 0 Å². The number of rotatable bonds is 7. The molecule has 0 bridgehead atoms. The third-order valence-corrected chi connectivity index (χ3v) is 3.44. The van der Waals surface area contributed by atoms with Gasteiger partial charge < -0.3 is 15.4 Å². The minimum absolute atomic E-state index is 0.113. The van der Waals surface area contributed by atoms with Crippen LogP contribution in [0.2, 0.25) is 0 Å². The van der Waals surface area contributed by atoms with E-state index >= 15 is 0 Å².